The second kappa shape index (κ2) is 3.66. The van der Waals surface area contributed by atoms with E-state index < -0.39 is 0 Å². The molecule has 1 aromatic carbocycles. The van der Waals surface area contributed by atoms with E-state index in [9.17, 15) is 10.2 Å². The van der Waals surface area contributed by atoms with E-state index in [1.807, 2.05) is 13.8 Å². The van der Waals surface area contributed by atoms with Crippen LogP contribution in [0.1, 0.15) is 30.9 Å². The SMILES string of the molecule is CC(C)c1ccc(CO)c(O)c1O. The van der Waals surface area contributed by atoms with E-state index in [4.69, 9.17) is 5.11 Å². The van der Waals surface area contributed by atoms with E-state index in [-0.39, 0.29) is 24.0 Å². The summed E-state index contributed by atoms with van der Waals surface area (Å²) in [6, 6.07) is 3.33. The number of rotatable bonds is 2. The number of aliphatic hydroxyl groups is 1. The van der Waals surface area contributed by atoms with Gasteiger partial charge in [-0.3, -0.25) is 0 Å². The Morgan fingerprint density at radius 2 is 1.77 bits per heavy atom. The highest BCUT2D eigenvalue weighted by Crippen LogP contribution is 2.36. The average molecular weight is 182 g/mol. The van der Waals surface area contributed by atoms with E-state index >= 15 is 0 Å². The summed E-state index contributed by atoms with van der Waals surface area (Å²) in [5, 5.41) is 27.7. The Kier molecular flexibility index (Phi) is 2.78. The fourth-order valence-electron chi connectivity index (χ4n) is 1.23. The smallest absolute Gasteiger partial charge is 0.163 e. The highest BCUT2D eigenvalue weighted by Gasteiger charge is 2.12. The molecule has 0 fully saturated rings. The monoisotopic (exact) mass is 182 g/mol. The molecule has 0 bridgehead atoms. The van der Waals surface area contributed by atoms with Gasteiger partial charge in [-0.25, -0.2) is 0 Å². The first kappa shape index (κ1) is 9.86. The van der Waals surface area contributed by atoms with Crippen LogP contribution in [0.15, 0.2) is 12.1 Å². The molecule has 1 aromatic rings. The van der Waals surface area contributed by atoms with Crippen molar-refractivity contribution in [3.63, 3.8) is 0 Å². The van der Waals surface area contributed by atoms with Crippen molar-refractivity contribution in [3.8, 4) is 11.5 Å². The predicted octanol–water partition coefficient (Wildman–Crippen LogP) is 1.71. The summed E-state index contributed by atoms with van der Waals surface area (Å²) in [5.74, 6) is -0.186. The highest BCUT2D eigenvalue weighted by molar-refractivity contribution is 5.50. The van der Waals surface area contributed by atoms with Crippen LogP contribution in [0, 0.1) is 0 Å². The van der Waals surface area contributed by atoms with Crippen LogP contribution in [0.4, 0.5) is 0 Å². The van der Waals surface area contributed by atoms with Gasteiger partial charge >= 0.3 is 0 Å². The molecular weight excluding hydrogens is 168 g/mol. The number of phenols is 2. The molecule has 13 heavy (non-hydrogen) atoms. The van der Waals surface area contributed by atoms with Crippen LogP contribution < -0.4 is 0 Å². The zero-order valence-corrected chi connectivity index (χ0v) is 7.78. The molecule has 0 saturated carbocycles. The van der Waals surface area contributed by atoms with Crippen molar-refractivity contribution in [2.75, 3.05) is 0 Å². The Morgan fingerprint density at radius 1 is 1.15 bits per heavy atom. The molecule has 0 spiro atoms. The molecule has 0 amide bonds. The summed E-state index contributed by atoms with van der Waals surface area (Å²) in [4.78, 5) is 0. The molecule has 0 aliphatic heterocycles. The zero-order valence-electron chi connectivity index (χ0n) is 7.78. The molecule has 0 saturated heterocycles. The van der Waals surface area contributed by atoms with Crippen LogP contribution in [-0.4, -0.2) is 15.3 Å². The van der Waals surface area contributed by atoms with Crippen molar-refractivity contribution >= 4 is 0 Å². The summed E-state index contributed by atoms with van der Waals surface area (Å²) < 4.78 is 0. The molecule has 1 rings (SSSR count). The maximum Gasteiger partial charge on any atom is 0.163 e. The van der Waals surface area contributed by atoms with Crippen molar-refractivity contribution in [1.29, 1.82) is 0 Å². The van der Waals surface area contributed by atoms with Crippen molar-refractivity contribution in [2.45, 2.75) is 26.4 Å². The third-order valence-electron chi connectivity index (χ3n) is 2.06. The molecule has 72 valence electrons. The lowest BCUT2D eigenvalue weighted by molar-refractivity contribution is 0.272. The molecule has 0 unspecified atom stereocenters. The maximum absolute atomic E-state index is 9.52. The van der Waals surface area contributed by atoms with Gasteiger partial charge < -0.3 is 15.3 Å². The fourth-order valence-corrected chi connectivity index (χ4v) is 1.23. The van der Waals surface area contributed by atoms with Crippen LogP contribution in [-0.2, 0) is 6.61 Å². The number of aliphatic hydroxyl groups excluding tert-OH is 1. The van der Waals surface area contributed by atoms with E-state index in [2.05, 4.69) is 0 Å². The minimum absolute atomic E-state index is 0.124. The lowest BCUT2D eigenvalue weighted by atomic mass is 9.99. The van der Waals surface area contributed by atoms with Crippen LogP contribution in [0.25, 0.3) is 0 Å². The normalized spacial score (nSPS) is 10.8. The average Bonchev–Trinajstić information content (AvgIpc) is 2.09. The Hall–Kier alpha value is -1.22. The van der Waals surface area contributed by atoms with Crippen LogP contribution in [0.5, 0.6) is 11.5 Å². The first-order valence-corrected chi connectivity index (χ1v) is 4.22. The molecule has 0 atom stereocenters. The van der Waals surface area contributed by atoms with Gasteiger partial charge in [0.2, 0.25) is 0 Å². The standard InChI is InChI=1S/C10H14O3/c1-6(2)8-4-3-7(5-11)9(12)10(8)13/h3-4,6,11-13H,5H2,1-2H3. The maximum atomic E-state index is 9.52. The second-order valence-corrected chi connectivity index (χ2v) is 3.32. The highest BCUT2D eigenvalue weighted by atomic mass is 16.3. The Balaban J connectivity index is 3.23. The van der Waals surface area contributed by atoms with E-state index in [0.717, 1.165) is 0 Å². The third-order valence-corrected chi connectivity index (χ3v) is 2.06. The lowest BCUT2D eigenvalue weighted by Gasteiger charge is -2.11. The van der Waals surface area contributed by atoms with E-state index in [1.54, 1.807) is 12.1 Å². The summed E-state index contributed by atoms with van der Waals surface area (Å²) in [7, 11) is 0. The number of aromatic hydroxyl groups is 2. The number of hydrogen-bond acceptors (Lipinski definition) is 3. The quantitative estimate of drug-likeness (QED) is 0.610. The van der Waals surface area contributed by atoms with Gasteiger partial charge in [-0.05, 0) is 5.92 Å². The molecule has 0 radical (unpaired) electrons. The van der Waals surface area contributed by atoms with E-state index in [0.29, 0.717) is 11.1 Å². The molecule has 0 heterocycles. The van der Waals surface area contributed by atoms with Crippen LogP contribution in [0.3, 0.4) is 0 Å². The van der Waals surface area contributed by atoms with Crippen LogP contribution in [0.2, 0.25) is 0 Å². The van der Waals surface area contributed by atoms with Gasteiger partial charge in [0, 0.05) is 11.1 Å². The zero-order chi connectivity index (χ0) is 10.0. The van der Waals surface area contributed by atoms with Crippen LogP contribution >= 0.6 is 0 Å². The topological polar surface area (TPSA) is 60.7 Å². The van der Waals surface area contributed by atoms with Crippen molar-refractivity contribution in [1.82, 2.24) is 0 Å². The van der Waals surface area contributed by atoms with Gasteiger partial charge in [-0.2, -0.15) is 0 Å². The van der Waals surface area contributed by atoms with Gasteiger partial charge in [0.25, 0.3) is 0 Å². The molecular formula is C10H14O3. The number of benzene rings is 1. The third kappa shape index (κ3) is 1.75. The largest absolute Gasteiger partial charge is 0.504 e. The Bertz CT molecular complexity index is 305. The first-order valence-electron chi connectivity index (χ1n) is 4.22. The summed E-state index contributed by atoms with van der Waals surface area (Å²) >= 11 is 0. The van der Waals surface area contributed by atoms with Gasteiger partial charge in [0.1, 0.15) is 0 Å². The molecule has 0 aromatic heterocycles. The molecule has 0 aliphatic carbocycles. The molecule has 3 N–H and O–H groups in total. The van der Waals surface area contributed by atoms with Gasteiger partial charge in [0.15, 0.2) is 11.5 Å². The first-order chi connectivity index (χ1) is 6.07. The molecule has 0 aliphatic rings. The van der Waals surface area contributed by atoms with Gasteiger partial charge in [-0.15, -0.1) is 0 Å². The van der Waals surface area contributed by atoms with Gasteiger partial charge in [0.05, 0.1) is 6.61 Å². The van der Waals surface area contributed by atoms with E-state index in [1.165, 1.54) is 0 Å². The Morgan fingerprint density at radius 3 is 2.23 bits per heavy atom. The fraction of sp³-hybridized carbons (Fsp3) is 0.400. The van der Waals surface area contributed by atoms with Gasteiger partial charge in [-0.1, -0.05) is 26.0 Å². The molecule has 3 nitrogen and oxygen atoms in total. The number of phenolic OH excluding ortho intramolecular Hbond substituents is 1. The minimum Gasteiger partial charge on any atom is -0.504 e. The minimum atomic E-state index is -0.266. The lowest BCUT2D eigenvalue weighted by Crippen LogP contribution is -1.92. The number of hydrogen-bond donors (Lipinski definition) is 3. The summed E-state index contributed by atoms with van der Waals surface area (Å²) in [6.45, 7) is 3.58. The molecule has 3 heteroatoms. The summed E-state index contributed by atoms with van der Waals surface area (Å²) in [5.41, 5.74) is 1.04. The van der Waals surface area contributed by atoms with Crippen molar-refractivity contribution < 1.29 is 15.3 Å². The predicted molar refractivity (Wildman–Crippen MR) is 49.8 cm³/mol. The summed E-state index contributed by atoms with van der Waals surface area (Å²) in [6.07, 6.45) is 0. The van der Waals surface area contributed by atoms with Crippen molar-refractivity contribution in [2.24, 2.45) is 0 Å². The second-order valence-electron chi connectivity index (χ2n) is 3.32. The van der Waals surface area contributed by atoms with Crippen molar-refractivity contribution in [3.05, 3.63) is 23.3 Å². The Labute approximate surface area is 77.3 Å².